The van der Waals surface area contributed by atoms with Crippen LogP contribution in [0.15, 0.2) is 77.7 Å². The standard InChI is InChI=1S/C26H20ClFN6O2/c1-14(31-23-19(13-30-26(29)33-23)15-10-16(28)12-18(35)11-15)24-32-21-9-5-8-20(27)22(21)25(36)34(24)17-6-3-2-4-7-17/h2-14,35H,1H3,(H3,29,30,31,33). The summed E-state index contributed by atoms with van der Waals surface area (Å²) < 4.78 is 15.5. The number of phenolic OH excluding ortho intramolecular Hbond substituents is 1. The number of halogens is 2. The van der Waals surface area contributed by atoms with E-state index in [0.29, 0.717) is 38.6 Å². The van der Waals surface area contributed by atoms with Crippen LogP contribution < -0.4 is 16.6 Å². The molecule has 0 bridgehead atoms. The summed E-state index contributed by atoms with van der Waals surface area (Å²) in [6.45, 7) is 1.81. The molecule has 8 nitrogen and oxygen atoms in total. The van der Waals surface area contributed by atoms with Gasteiger partial charge in [-0.1, -0.05) is 35.9 Å². The van der Waals surface area contributed by atoms with Crippen molar-refractivity contribution in [1.29, 1.82) is 0 Å². The molecule has 0 spiro atoms. The van der Waals surface area contributed by atoms with E-state index in [0.717, 1.165) is 6.07 Å². The molecular formula is C26H20ClFN6O2. The van der Waals surface area contributed by atoms with Crippen LogP contribution in [-0.2, 0) is 0 Å². The van der Waals surface area contributed by atoms with Crippen LogP contribution in [0.4, 0.5) is 16.2 Å². The Balaban J connectivity index is 1.67. The predicted octanol–water partition coefficient (Wildman–Crippen LogP) is 5.10. The maximum absolute atomic E-state index is 14.0. The molecule has 0 saturated heterocycles. The van der Waals surface area contributed by atoms with Crippen molar-refractivity contribution in [2.45, 2.75) is 13.0 Å². The Labute approximate surface area is 209 Å². The second-order valence-electron chi connectivity index (χ2n) is 8.13. The van der Waals surface area contributed by atoms with E-state index in [1.165, 1.54) is 22.9 Å². The molecule has 0 aliphatic rings. The molecule has 1 unspecified atom stereocenters. The van der Waals surface area contributed by atoms with E-state index in [4.69, 9.17) is 22.3 Å². The second kappa shape index (κ2) is 9.27. The van der Waals surface area contributed by atoms with Gasteiger partial charge in [-0.15, -0.1) is 0 Å². The van der Waals surface area contributed by atoms with Gasteiger partial charge in [-0.05, 0) is 48.9 Å². The number of anilines is 2. The normalized spacial score (nSPS) is 12.0. The van der Waals surface area contributed by atoms with Gasteiger partial charge in [0.05, 0.1) is 27.7 Å². The number of aromatic nitrogens is 4. The van der Waals surface area contributed by atoms with E-state index in [-0.39, 0.29) is 23.1 Å². The maximum Gasteiger partial charge on any atom is 0.267 e. The van der Waals surface area contributed by atoms with Crippen molar-refractivity contribution < 1.29 is 9.50 Å². The van der Waals surface area contributed by atoms with E-state index < -0.39 is 11.9 Å². The minimum atomic E-state index is -0.619. The van der Waals surface area contributed by atoms with Gasteiger partial charge in [0.2, 0.25) is 5.95 Å². The van der Waals surface area contributed by atoms with Crippen molar-refractivity contribution in [3.8, 4) is 22.6 Å². The summed E-state index contributed by atoms with van der Waals surface area (Å²) in [5.74, 6) is -0.197. The van der Waals surface area contributed by atoms with Crippen LogP contribution in [0.5, 0.6) is 5.75 Å². The van der Waals surface area contributed by atoms with Crippen LogP contribution in [0.25, 0.3) is 27.7 Å². The maximum atomic E-state index is 14.0. The highest BCUT2D eigenvalue weighted by molar-refractivity contribution is 6.35. The Morgan fingerprint density at radius 3 is 2.61 bits per heavy atom. The van der Waals surface area contributed by atoms with E-state index in [1.807, 2.05) is 25.1 Å². The van der Waals surface area contributed by atoms with Gasteiger partial charge in [0.25, 0.3) is 5.56 Å². The first kappa shape index (κ1) is 23.3. The molecule has 5 rings (SSSR count). The molecule has 1 atom stereocenters. The van der Waals surface area contributed by atoms with E-state index in [2.05, 4.69) is 15.3 Å². The zero-order valence-corrected chi connectivity index (χ0v) is 19.7. The lowest BCUT2D eigenvalue weighted by Crippen LogP contribution is -2.27. The Kier molecular flexibility index (Phi) is 5.99. The first-order chi connectivity index (χ1) is 17.3. The van der Waals surface area contributed by atoms with Crippen molar-refractivity contribution in [1.82, 2.24) is 19.5 Å². The third kappa shape index (κ3) is 4.32. The molecule has 3 aromatic carbocycles. The van der Waals surface area contributed by atoms with Crippen molar-refractivity contribution in [3.05, 3.63) is 99.9 Å². The number of nitrogens with two attached hydrogens (primary N) is 1. The minimum absolute atomic E-state index is 0.00669. The number of fused-ring (bicyclic) bond motifs is 1. The van der Waals surface area contributed by atoms with Gasteiger partial charge in [0, 0.05) is 17.8 Å². The summed E-state index contributed by atoms with van der Waals surface area (Å²) in [5.41, 5.74) is 7.33. The van der Waals surface area contributed by atoms with Crippen LogP contribution in [0, 0.1) is 5.82 Å². The van der Waals surface area contributed by atoms with Crippen molar-refractivity contribution in [3.63, 3.8) is 0 Å². The lowest BCUT2D eigenvalue weighted by atomic mass is 10.1. The molecule has 0 radical (unpaired) electrons. The van der Waals surface area contributed by atoms with Crippen molar-refractivity contribution in [2.75, 3.05) is 11.1 Å². The smallest absolute Gasteiger partial charge is 0.267 e. The van der Waals surface area contributed by atoms with E-state index >= 15 is 0 Å². The Hall–Kier alpha value is -4.50. The number of nitrogen functional groups attached to an aromatic ring is 1. The molecule has 5 aromatic rings. The molecule has 2 heterocycles. The largest absolute Gasteiger partial charge is 0.508 e. The summed E-state index contributed by atoms with van der Waals surface area (Å²) in [6.07, 6.45) is 1.43. The molecule has 0 saturated carbocycles. The molecule has 36 heavy (non-hydrogen) atoms. The molecule has 180 valence electrons. The number of benzene rings is 3. The number of hydrogen-bond acceptors (Lipinski definition) is 7. The number of nitrogens with zero attached hydrogens (tertiary/aromatic N) is 4. The summed E-state index contributed by atoms with van der Waals surface area (Å²) in [7, 11) is 0. The Bertz CT molecular complexity index is 1640. The predicted molar refractivity (Wildman–Crippen MR) is 138 cm³/mol. The van der Waals surface area contributed by atoms with E-state index in [1.54, 1.807) is 30.3 Å². The third-order valence-electron chi connectivity index (χ3n) is 5.63. The van der Waals surface area contributed by atoms with Crippen LogP contribution in [0.2, 0.25) is 5.02 Å². The zero-order chi connectivity index (χ0) is 25.4. The summed E-state index contributed by atoms with van der Waals surface area (Å²) in [6, 6.07) is 17.2. The average Bonchev–Trinajstić information content (AvgIpc) is 2.84. The number of hydrogen-bond donors (Lipinski definition) is 3. The minimum Gasteiger partial charge on any atom is -0.508 e. The SMILES string of the molecule is CC(Nc1nc(N)ncc1-c1cc(O)cc(F)c1)c1nc2cccc(Cl)c2c(=O)n1-c1ccccc1. The topological polar surface area (TPSA) is 119 Å². The highest BCUT2D eigenvalue weighted by Crippen LogP contribution is 2.32. The molecule has 10 heteroatoms. The molecule has 0 aliphatic heterocycles. The fourth-order valence-electron chi connectivity index (χ4n) is 4.04. The number of phenols is 1. The van der Waals surface area contributed by atoms with Crippen LogP contribution in [0.3, 0.4) is 0 Å². The average molecular weight is 503 g/mol. The second-order valence-corrected chi connectivity index (χ2v) is 8.54. The Morgan fingerprint density at radius 2 is 1.86 bits per heavy atom. The van der Waals surface area contributed by atoms with Crippen molar-refractivity contribution in [2.24, 2.45) is 0 Å². The molecule has 4 N–H and O–H groups in total. The summed E-state index contributed by atoms with van der Waals surface area (Å²) in [4.78, 5) is 26.7. The molecule has 0 amide bonds. The highest BCUT2D eigenvalue weighted by atomic mass is 35.5. The lowest BCUT2D eigenvalue weighted by Gasteiger charge is -2.21. The number of para-hydroxylation sites is 1. The fourth-order valence-corrected chi connectivity index (χ4v) is 4.29. The number of rotatable bonds is 5. The van der Waals surface area contributed by atoms with Gasteiger partial charge in [-0.3, -0.25) is 9.36 Å². The quantitative estimate of drug-likeness (QED) is 0.306. The van der Waals surface area contributed by atoms with Gasteiger partial charge in [0.15, 0.2) is 0 Å². The number of nitrogens with one attached hydrogen (secondary N) is 1. The first-order valence-corrected chi connectivity index (χ1v) is 11.3. The monoisotopic (exact) mass is 502 g/mol. The third-order valence-corrected chi connectivity index (χ3v) is 5.94. The van der Waals surface area contributed by atoms with Gasteiger partial charge < -0.3 is 16.2 Å². The number of aromatic hydroxyl groups is 1. The Morgan fingerprint density at radius 1 is 1.08 bits per heavy atom. The van der Waals surface area contributed by atoms with Crippen LogP contribution in [0.1, 0.15) is 18.8 Å². The first-order valence-electron chi connectivity index (χ1n) is 11.0. The van der Waals surface area contributed by atoms with Gasteiger partial charge in [-0.25, -0.2) is 14.4 Å². The van der Waals surface area contributed by atoms with Crippen LogP contribution in [-0.4, -0.2) is 24.6 Å². The van der Waals surface area contributed by atoms with Crippen LogP contribution >= 0.6 is 11.6 Å². The summed E-state index contributed by atoms with van der Waals surface area (Å²) in [5, 5.41) is 13.7. The van der Waals surface area contributed by atoms with Gasteiger partial charge >= 0.3 is 0 Å². The fraction of sp³-hybridized carbons (Fsp3) is 0.0769. The molecule has 0 fully saturated rings. The molecular weight excluding hydrogens is 483 g/mol. The van der Waals surface area contributed by atoms with E-state index in [9.17, 15) is 14.3 Å². The summed E-state index contributed by atoms with van der Waals surface area (Å²) >= 11 is 6.36. The highest BCUT2D eigenvalue weighted by Gasteiger charge is 2.21. The molecule has 0 aliphatic carbocycles. The van der Waals surface area contributed by atoms with Gasteiger partial charge in [0.1, 0.15) is 23.2 Å². The van der Waals surface area contributed by atoms with Crippen molar-refractivity contribution >= 4 is 34.3 Å². The lowest BCUT2D eigenvalue weighted by molar-refractivity contribution is 0.469. The molecule has 2 aromatic heterocycles. The zero-order valence-electron chi connectivity index (χ0n) is 19.0. The van der Waals surface area contributed by atoms with Gasteiger partial charge in [-0.2, -0.15) is 4.98 Å².